The van der Waals surface area contributed by atoms with Crippen molar-refractivity contribution in [2.75, 3.05) is 7.11 Å². The minimum absolute atomic E-state index is 0.145. The van der Waals surface area contributed by atoms with Crippen LogP contribution in [0.4, 0.5) is 0 Å². The molecule has 0 fully saturated rings. The van der Waals surface area contributed by atoms with E-state index in [2.05, 4.69) is 4.98 Å². The number of phenolic OH excluding ortho intramolecular Hbond substituents is 1. The number of benzene rings is 1. The van der Waals surface area contributed by atoms with Crippen LogP contribution in [-0.4, -0.2) is 23.2 Å². The second-order valence-electron chi connectivity index (χ2n) is 4.88. The number of phenols is 1. The van der Waals surface area contributed by atoms with Gasteiger partial charge in [-0.3, -0.25) is 0 Å². The van der Waals surface area contributed by atoms with Gasteiger partial charge in [0.25, 0.3) is 0 Å². The normalized spacial score (nSPS) is 10.8. The van der Waals surface area contributed by atoms with Gasteiger partial charge < -0.3 is 9.84 Å². The minimum Gasteiger partial charge on any atom is -0.508 e. The Morgan fingerprint density at radius 3 is 2.65 bits per heavy atom. The van der Waals surface area contributed by atoms with Crippen molar-refractivity contribution in [3.8, 4) is 16.3 Å². The smallest absolute Gasteiger partial charge is 0.350 e. The zero-order chi connectivity index (χ0) is 14.9. The molecule has 0 unspecified atom stereocenters. The first kappa shape index (κ1) is 14.5. The fourth-order valence-electron chi connectivity index (χ4n) is 1.97. The standard InChI is InChI=1S/C15H17NO3S/c1-8(2)12-13(15(18)19-4)20-14(16-12)11-6-5-10(17)7-9(11)3/h5-8,17H,1-4H3. The van der Waals surface area contributed by atoms with Crippen molar-refractivity contribution in [1.29, 1.82) is 0 Å². The molecule has 0 saturated heterocycles. The van der Waals surface area contributed by atoms with Crippen molar-refractivity contribution < 1.29 is 14.6 Å². The third kappa shape index (κ3) is 2.67. The van der Waals surface area contributed by atoms with Crippen molar-refractivity contribution in [3.63, 3.8) is 0 Å². The molecule has 0 bridgehead atoms. The third-order valence-corrected chi connectivity index (χ3v) is 4.10. The molecule has 1 N–H and O–H groups in total. The lowest BCUT2D eigenvalue weighted by Crippen LogP contribution is -2.03. The number of aromatic hydroxyl groups is 1. The number of hydrogen-bond acceptors (Lipinski definition) is 5. The summed E-state index contributed by atoms with van der Waals surface area (Å²) in [5, 5.41) is 10.2. The van der Waals surface area contributed by atoms with E-state index in [1.807, 2.05) is 26.8 Å². The van der Waals surface area contributed by atoms with Gasteiger partial charge in [0.15, 0.2) is 0 Å². The van der Waals surface area contributed by atoms with Gasteiger partial charge in [-0.1, -0.05) is 13.8 Å². The Morgan fingerprint density at radius 2 is 2.10 bits per heavy atom. The number of nitrogens with zero attached hydrogens (tertiary/aromatic N) is 1. The van der Waals surface area contributed by atoms with Crippen LogP contribution in [0.25, 0.3) is 10.6 Å². The predicted molar refractivity (Wildman–Crippen MR) is 79.4 cm³/mol. The summed E-state index contributed by atoms with van der Waals surface area (Å²) in [6.45, 7) is 5.90. The number of aryl methyl sites for hydroxylation is 1. The van der Waals surface area contributed by atoms with Gasteiger partial charge in [0.05, 0.1) is 12.8 Å². The summed E-state index contributed by atoms with van der Waals surface area (Å²) >= 11 is 1.33. The van der Waals surface area contributed by atoms with Gasteiger partial charge in [0, 0.05) is 5.56 Å². The van der Waals surface area contributed by atoms with E-state index in [4.69, 9.17) is 4.74 Å². The fourth-order valence-corrected chi connectivity index (χ4v) is 3.19. The average Bonchev–Trinajstić information content (AvgIpc) is 2.82. The van der Waals surface area contributed by atoms with Gasteiger partial charge in [-0.05, 0) is 36.6 Å². The number of rotatable bonds is 3. The van der Waals surface area contributed by atoms with Crippen LogP contribution in [0.5, 0.6) is 5.75 Å². The Labute approximate surface area is 122 Å². The van der Waals surface area contributed by atoms with Gasteiger partial charge in [0.1, 0.15) is 15.6 Å². The van der Waals surface area contributed by atoms with Crippen LogP contribution in [0.15, 0.2) is 18.2 Å². The van der Waals surface area contributed by atoms with E-state index in [0.29, 0.717) is 4.88 Å². The van der Waals surface area contributed by atoms with E-state index in [0.717, 1.165) is 21.8 Å². The second kappa shape index (κ2) is 5.63. The first-order valence-electron chi connectivity index (χ1n) is 6.33. The molecule has 2 rings (SSSR count). The second-order valence-corrected chi connectivity index (χ2v) is 5.88. The molecule has 1 aromatic heterocycles. The quantitative estimate of drug-likeness (QED) is 0.875. The summed E-state index contributed by atoms with van der Waals surface area (Å²) in [5.74, 6) is 0.0143. The summed E-state index contributed by atoms with van der Waals surface area (Å²) in [5.41, 5.74) is 2.60. The molecular formula is C15H17NO3S. The Kier molecular flexibility index (Phi) is 4.09. The lowest BCUT2D eigenvalue weighted by Gasteiger charge is -2.03. The highest BCUT2D eigenvalue weighted by atomic mass is 32.1. The molecule has 0 atom stereocenters. The summed E-state index contributed by atoms with van der Waals surface area (Å²) in [7, 11) is 1.37. The predicted octanol–water partition coefficient (Wildman–Crippen LogP) is 3.73. The topological polar surface area (TPSA) is 59.4 Å². The number of esters is 1. The Morgan fingerprint density at radius 1 is 1.40 bits per heavy atom. The van der Waals surface area contributed by atoms with E-state index < -0.39 is 0 Å². The molecule has 1 heterocycles. The number of carbonyl (C=O) groups is 1. The van der Waals surface area contributed by atoms with Crippen LogP contribution in [0.3, 0.4) is 0 Å². The van der Waals surface area contributed by atoms with E-state index in [1.165, 1.54) is 18.4 Å². The molecule has 0 amide bonds. The van der Waals surface area contributed by atoms with Crippen molar-refractivity contribution in [3.05, 3.63) is 34.3 Å². The number of ether oxygens (including phenoxy) is 1. The van der Waals surface area contributed by atoms with Gasteiger partial charge in [0.2, 0.25) is 0 Å². The summed E-state index contributed by atoms with van der Waals surface area (Å²) in [6.07, 6.45) is 0. The van der Waals surface area contributed by atoms with Gasteiger partial charge in [-0.25, -0.2) is 9.78 Å². The van der Waals surface area contributed by atoms with E-state index in [1.54, 1.807) is 12.1 Å². The number of aromatic nitrogens is 1. The molecule has 2 aromatic rings. The van der Waals surface area contributed by atoms with Crippen LogP contribution in [-0.2, 0) is 4.74 Å². The highest BCUT2D eigenvalue weighted by molar-refractivity contribution is 7.17. The van der Waals surface area contributed by atoms with Crippen LogP contribution in [0, 0.1) is 6.92 Å². The lowest BCUT2D eigenvalue weighted by molar-refractivity contribution is 0.0604. The van der Waals surface area contributed by atoms with Crippen LogP contribution in [0.1, 0.15) is 40.7 Å². The molecule has 20 heavy (non-hydrogen) atoms. The monoisotopic (exact) mass is 291 g/mol. The van der Waals surface area contributed by atoms with Crippen molar-refractivity contribution >= 4 is 17.3 Å². The van der Waals surface area contributed by atoms with Crippen LogP contribution in [0.2, 0.25) is 0 Å². The third-order valence-electron chi connectivity index (χ3n) is 3.01. The summed E-state index contributed by atoms with van der Waals surface area (Å²) < 4.78 is 4.82. The Bertz CT molecular complexity index is 647. The highest BCUT2D eigenvalue weighted by Gasteiger charge is 2.22. The number of hydrogen-bond donors (Lipinski definition) is 1. The van der Waals surface area contributed by atoms with E-state index in [9.17, 15) is 9.90 Å². The molecule has 0 aliphatic rings. The molecule has 0 aliphatic heterocycles. The Hall–Kier alpha value is -1.88. The molecule has 5 heteroatoms. The van der Waals surface area contributed by atoms with Gasteiger partial charge in [-0.15, -0.1) is 11.3 Å². The molecule has 4 nitrogen and oxygen atoms in total. The fraction of sp³-hybridized carbons (Fsp3) is 0.333. The molecule has 0 saturated carbocycles. The van der Waals surface area contributed by atoms with Crippen molar-refractivity contribution in [2.45, 2.75) is 26.7 Å². The van der Waals surface area contributed by atoms with Gasteiger partial charge >= 0.3 is 5.97 Å². The highest BCUT2D eigenvalue weighted by Crippen LogP contribution is 2.34. The number of methoxy groups -OCH3 is 1. The van der Waals surface area contributed by atoms with Crippen molar-refractivity contribution in [1.82, 2.24) is 4.98 Å². The summed E-state index contributed by atoms with van der Waals surface area (Å²) in [6, 6.07) is 5.12. The average molecular weight is 291 g/mol. The SMILES string of the molecule is COC(=O)c1sc(-c2ccc(O)cc2C)nc1C(C)C. The molecule has 106 valence electrons. The zero-order valence-electron chi connectivity index (χ0n) is 11.9. The molecule has 0 spiro atoms. The molecule has 0 aliphatic carbocycles. The maximum atomic E-state index is 11.8. The van der Waals surface area contributed by atoms with E-state index in [-0.39, 0.29) is 17.6 Å². The first-order chi connectivity index (χ1) is 9.43. The summed E-state index contributed by atoms with van der Waals surface area (Å²) in [4.78, 5) is 17.0. The Balaban J connectivity index is 2.55. The number of thiazole rings is 1. The lowest BCUT2D eigenvalue weighted by atomic mass is 10.1. The maximum absolute atomic E-state index is 11.8. The van der Waals surface area contributed by atoms with E-state index >= 15 is 0 Å². The molecular weight excluding hydrogens is 274 g/mol. The molecule has 0 radical (unpaired) electrons. The number of carbonyl (C=O) groups excluding carboxylic acids is 1. The van der Waals surface area contributed by atoms with Gasteiger partial charge in [-0.2, -0.15) is 0 Å². The molecule has 1 aromatic carbocycles. The maximum Gasteiger partial charge on any atom is 0.350 e. The van der Waals surface area contributed by atoms with Crippen LogP contribution >= 0.6 is 11.3 Å². The van der Waals surface area contributed by atoms with Crippen LogP contribution < -0.4 is 0 Å². The minimum atomic E-state index is -0.353. The van der Waals surface area contributed by atoms with Crippen molar-refractivity contribution in [2.24, 2.45) is 0 Å². The largest absolute Gasteiger partial charge is 0.508 e. The first-order valence-corrected chi connectivity index (χ1v) is 7.14. The zero-order valence-corrected chi connectivity index (χ0v) is 12.7.